The van der Waals surface area contributed by atoms with Gasteiger partial charge in [-0.25, -0.2) is 0 Å². The minimum absolute atomic E-state index is 0. The summed E-state index contributed by atoms with van der Waals surface area (Å²) in [5, 5.41) is 9.14. The van der Waals surface area contributed by atoms with E-state index in [0.717, 1.165) is 0 Å². The van der Waals surface area contributed by atoms with E-state index in [0.29, 0.717) is 0 Å². The van der Waals surface area contributed by atoms with Gasteiger partial charge in [0.15, 0.2) is 6.09 Å². The molecule has 0 unspecified atom stereocenters. The zero-order chi connectivity index (χ0) is 5.86. The van der Waals surface area contributed by atoms with Gasteiger partial charge in [0.05, 0.1) is 0 Å². The van der Waals surface area contributed by atoms with Gasteiger partial charge < -0.3 is 9.90 Å². The van der Waals surface area contributed by atoms with Gasteiger partial charge in [-0.1, -0.05) is 0 Å². The Morgan fingerprint density at radius 3 is 1.88 bits per heavy atom. The Hall–Kier alpha value is 0.0900. The second-order valence-electron chi connectivity index (χ2n) is 0.574. The normalized spacial score (nSPS) is 6.50. The van der Waals surface area contributed by atoms with Gasteiger partial charge in [0, 0.05) is 0 Å². The number of carbonyl (C=O) groups excluding carboxylic acids is 1. The predicted molar refractivity (Wildman–Crippen MR) is 16.7 cm³/mol. The topological polar surface area (TPSA) is 86.6 Å². The predicted octanol–water partition coefficient (Wildman–Crippen LogP) is -4.60. The third-order valence-electron chi connectivity index (χ3n) is 0.149. The number of nitrogens with zero attached hydrogens (tertiary/aromatic N) is 1. The molecule has 8 heavy (non-hydrogen) atoms. The summed E-state index contributed by atoms with van der Waals surface area (Å²) < 4.78 is 20.4. The molecule has 0 atom stereocenters. The molecule has 0 rings (SSSR count). The van der Waals surface area contributed by atoms with Crippen LogP contribution in [-0.4, -0.2) is 14.5 Å². The molecule has 0 aromatic carbocycles. The van der Waals surface area contributed by atoms with E-state index in [2.05, 4.69) is 0 Å². The Morgan fingerprint density at radius 1 is 1.50 bits per heavy atom. The fraction of sp³-hybridized carbons (Fsp3) is 0. The van der Waals surface area contributed by atoms with Crippen LogP contribution in [0.5, 0.6) is 0 Å². The van der Waals surface area contributed by atoms with Crippen molar-refractivity contribution in [3.63, 3.8) is 0 Å². The fourth-order valence-electron chi connectivity index (χ4n) is 0.0609. The zero-order valence-corrected chi connectivity index (χ0v) is 6.80. The second kappa shape index (κ2) is 5.23. The number of hydrogen-bond donors (Lipinski definition) is 0. The molecule has 0 aliphatic heterocycles. The second-order valence-corrected chi connectivity index (χ2v) is 1.19. The molecule has 0 spiro atoms. The molecule has 1 amide bonds. The molecule has 0 aromatic rings. The fourth-order valence-corrected chi connectivity index (χ4v) is 0.183. The van der Waals surface area contributed by atoms with Crippen molar-refractivity contribution in [3.05, 3.63) is 0 Å². The first-order valence-electron chi connectivity index (χ1n) is 1.15. The number of hydrogen-bond acceptors (Lipinski definition) is 4. The Kier molecular flexibility index (Phi) is 7.17. The third-order valence-corrected chi connectivity index (χ3v) is 0.447. The average molecular weight is 145 g/mol. The largest absolute Gasteiger partial charge is 1.00 e. The molecule has 0 heterocycles. The maximum absolute atomic E-state index is 9.22. The molecule has 0 saturated heterocycles. The first kappa shape index (κ1) is 11.0. The van der Waals surface area contributed by atoms with E-state index in [1.54, 1.807) is 0 Å². The van der Waals surface area contributed by atoms with Crippen LogP contribution in [0.2, 0.25) is 0 Å². The molecule has 0 bridgehead atoms. The standard InChI is InChI=1S/CHNO4S.Na/c3-1(4)2-7(5)6;/h(H,3,4);/q;+1/p-1. The Labute approximate surface area is 68.7 Å². The summed E-state index contributed by atoms with van der Waals surface area (Å²) in [7, 11) is -2.88. The minimum Gasteiger partial charge on any atom is -0.527 e. The molecule has 0 N–H and O–H groups in total. The number of rotatable bonds is 0. The maximum Gasteiger partial charge on any atom is 1.00 e. The van der Waals surface area contributed by atoms with Crippen LogP contribution in [0, 0.1) is 0 Å². The first-order valence-corrected chi connectivity index (χ1v) is 2.18. The zero-order valence-electron chi connectivity index (χ0n) is 3.99. The SMILES string of the molecule is O=C([O-])N=S(=O)=O.[Na+]. The van der Waals surface area contributed by atoms with Crippen molar-refractivity contribution in [2.45, 2.75) is 0 Å². The van der Waals surface area contributed by atoms with Crippen LogP contribution in [0.4, 0.5) is 4.79 Å². The molecule has 5 nitrogen and oxygen atoms in total. The van der Waals surface area contributed by atoms with Gasteiger partial charge in [-0.15, -0.1) is 4.36 Å². The van der Waals surface area contributed by atoms with Gasteiger partial charge in [0.25, 0.3) is 0 Å². The van der Waals surface area contributed by atoms with Crippen LogP contribution in [0.3, 0.4) is 0 Å². The van der Waals surface area contributed by atoms with E-state index in [4.69, 9.17) is 9.90 Å². The van der Waals surface area contributed by atoms with E-state index < -0.39 is 16.6 Å². The van der Waals surface area contributed by atoms with Crippen LogP contribution >= 0.6 is 0 Å². The van der Waals surface area contributed by atoms with Crippen molar-refractivity contribution in [3.8, 4) is 0 Å². The molecular formula is CNNaO4S. The van der Waals surface area contributed by atoms with E-state index in [9.17, 15) is 8.42 Å². The summed E-state index contributed by atoms with van der Waals surface area (Å²) in [6.45, 7) is 0. The monoisotopic (exact) mass is 145 g/mol. The first-order chi connectivity index (χ1) is 3.13. The van der Waals surface area contributed by atoms with Gasteiger partial charge in [0.1, 0.15) is 0 Å². The molecule has 0 saturated carbocycles. The van der Waals surface area contributed by atoms with Crippen LogP contribution in [0.15, 0.2) is 4.36 Å². The Balaban J connectivity index is 0. The van der Waals surface area contributed by atoms with E-state index in [1.807, 2.05) is 4.36 Å². The summed E-state index contributed by atoms with van der Waals surface area (Å²) in [5.74, 6) is 0. The van der Waals surface area contributed by atoms with Gasteiger partial charge in [-0.2, -0.15) is 8.42 Å². The van der Waals surface area contributed by atoms with E-state index in [1.165, 1.54) is 0 Å². The molecule has 7 heteroatoms. The van der Waals surface area contributed by atoms with Crippen molar-refractivity contribution in [2.24, 2.45) is 4.36 Å². The summed E-state index contributed by atoms with van der Waals surface area (Å²) in [6.07, 6.45) is -1.95. The summed E-state index contributed by atoms with van der Waals surface area (Å²) in [5.41, 5.74) is 0. The van der Waals surface area contributed by atoms with Crippen molar-refractivity contribution >= 4 is 16.6 Å². The van der Waals surface area contributed by atoms with Crippen molar-refractivity contribution in [1.82, 2.24) is 0 Å². The van der Waals surface area contributed by atoms with Gasteiger partial charge >= 0.3 is 40.1 Å². The summed E-state index contributed by atoms with van der Waals surface area (Å²) in [4.78, 5) is 9.14. The van der Waals surface area contributed by atoms with Crippen LogP contribution in [0.25, 0.3) is 0 Å². The third kappa shape index (κ3) is 9.43. The number of carbonyl (C=O) groups is 1. The average Bonchev–Trinajstić information content (AvgIpc) is 1.27. The van der Waals surface area contributed by atoms with Gasteiger partial charge in [-0.3, -0.25) is 0 Å². The smallest absolute Gasteiger partial charge is 0.527 e. The quantitative estimate of drug-likeness (QED) is 0.321. The molecule has 0 aliphatic rings. The number of carboxylic acid groups (broad SMARTS) is 1. The number of amides is 1. The summed E-state index contributed by atoms with van der Waals surface area (Å²) >= 11 is 0. The Morgan fingerprint density at radius 2 is 1.88 bits per heavy atom. The molecule has 40 valence electrons. The minimum atomic E-state index is -2.88. The van der Waals surface area contributed by atoms with Gasteiger partial charge in [-0.05, 0) is 0 Å². The molecular weight excluding hydrogens is 145 g/mol. The Bertz CT molecular complexity index is 184. The van der Waals surface area contributed by atoms with Crippen molar-refractivity contribution in [2.75, 3.05) is 0 Å². The summed E-state index contributed by atoms with van der Waals surface area (Å²) in [6, 6.07) is 0. The van der Waals surface area contributed by atoms with E-state index >= 15 is 0 Å². The molecule has 0 radical (unpaired) electrons. The van der Waals surface area contributed by atoms with Crippen LogP contribution < -0.4 is 34.7 Å². The molecule has 0 fully saturated rings. The van der Waals surface area contributed by atoms with Crippen LogP contribution in [-0.2, 0) is 10.5 Å². The molecule has 0 aliphatic carbocycles. The maximum atomic E-state index is 9.22. The van der Waals surface area contributed by atoms with Gasteiger partial charge in [0.2, 0.25) is 0 Å². The molecule has 0 aromatic heterocycles. The van der Waals surface area contributed by atoms with E-state index in [-0.39, 0.29) is 29.6 Å². The van der Waals surface area contributed by atoms with Crippen molar-refractivity contribution in [1.29, 1.82) is 0 Å². The van der Waals surface area contributed by atoms with Crippen molar-refractivity contribution < 1.29 is 47.9 Å². The van der Waals surface area contributed by atoms with Crippen LogP contribution in [0.1, 0.15) is 0 Å².